The number of ether oxygens (including phenoxy) is 1. The molecule has 0 fully saturated rings. The predicted molar refractivity (Wildman–Crippen MR) is 82.4 cm³/mol. The number of rotatable bonds is 2. The number of nitrogens with zero attached hydrogens (tertiary/aromatic N) is 2. The Bertz CT molecular complexity index is 744. The van der Waals surface area contributed by atoms with Crippen LogP contribution in [-0.4, -0.2) is 30.5 Å². The first-order chi connectivity index (χ1) is 10.6. The lowest BCUT2D eigenvalue weighted by Gasteiger charge is -2.17. The molecule has 1 aliphatic rings. The zero-order chi connectivity index (χ0) is 15.7. The average molecular weight is 317 g/mol. The highest BCUT2D eigenvalue weighted by molar-refractivity contribution is 6.29. The van der Waals surface area contributed by atoms with Crippen LogP contribution in [0.3, 0.4) is 0 Å². The first-order valence-corrected chi connectivity index (χ1v) is 7.12. The van der Waals surface area contributed by atoms with Gasteiger partial charge < -0.3 is 9.64 Å². The van der Waals surface area contributed by atoms with Gasteiger partial charge in [0.2, 0.25) is 0 Å². The molecule has 1 aromatic heterocycles. The molecule has 5 nitrogen and oxygen atoms in total. The summed E-state index contributed by atoms with van der Waals surface area (Å²) in [4.78, 5) is 29.7. The topological polar surface area (TPSA) is 59.5 Å². The van der Waals surface area contributed by atoms with Crippen LogP contribution in [0, 0.1) is 0 Å². The number of methoxy groups -OCH3 is 1. The maximum Gasteiger partial charge on any atom is 0.337 e. The summed E-state index contributed by atoms with van der Waals surface area (Å²) < 4.78 is 4.71. The van der Waals surface area contributed by atoms with Gasteiger partial charge in [-0.05, 0) is 42.3 Å². The van der Waals surface area contributed by atoms with Crippen molar-refractivity contribution in [3.63, 3.8) is 0 Å². The van der Waals surface area contributed by atoms with E-state index < -0.39 is 0 Å². The van der Waals surface area contributed by atoms with Crippen molar-refractivity contribution in [2.45, 2.75) is 6.42 Å². The fraction of sp³-hybridized carbons (Fsp3) is 0.188. The van der Waals surface area contributed by atoms with E-state index in [1.165, 1.54) is 13.3 Å². The van der Waals surface area contributed by atoms with Crippen LogP contribution in [0.25, 0.3) is 0 Å². The van der Waals surface area contributed by atoms with Gasteiger partial charge in [-0.1, -0.05) is 11.6 Å². The van der Waals surface area contributed by atoms with Crippen molar-refractivity contribution in [1.29, 1.82) is 0 Å². The van der Waals surface area contributed by atoms with Crippen molar-refractivity contribution >= 4 is 29.2 Å². The number of carbonyl (C=O) groups excluding carboxylic acids is 2. The van der Waals surface area contributed by atoms with E-state index in [2.05, 4.69) is 4.98 Å². The SMILES string of the molecule is COC(=O)c1ccc2c(c1)CCN2C(=O)c1ccc(Cl)nc1. The smallest absolute Gasteiger partial charge is 0.337 e. The number of hydrogen-bond donors (Lipinski definition) is 0. The standard InChI is InChI=1S/C16H13ClN2O3/c1-22-16(21)11-2-4-13-10(8-11)6-7-19(13)15(20)12-3-5-14(17)18-9-12/h2-5,8-9H,6-7H2,1H3. The summed E-state index contributed by atoms with van der Waals surface area (Å²) in [5.41, 5.74) is 2.74. The molecule has 0 atom stereocenters. The number of pyridine rings is 1. The molecule has 22 heavy (non-hydrogen) atoms. The highest BCUT2D eigenvalue weighted by Crippen LogP contribution is 2.30. The van der Waals surface area contributed by atoms with Crippen LogP contribution in [0.2, 0.25) is 5.15 Å². The zero-order valence-electron chi connectivity index (χ0n) is 11.9. The molecule has 1 aromatic carbocycles. The van der Waals surface area contributed by atoms with Gasteiger partial charge in [0, 0.05) is 18.4 Å². The summed E-state index contributed by atoms with van der Waals surface area (Å²) in [6.07, 6.45) is 2.17. The van der Waals surface area contributed by atoms with E-state index in [9.17, 15) is 9.59 Å². The number of anilines is 1. The largest absolute Gasteiger partial charge is 0.465 e. The molecule has 1 amide bonds. The molecule has 112 valence electrons. The molecule has 6 heteroatoms. The van der Waals surface area contributed by atoms with Crippen LogP contribution in [0.5, 0.6) is 0 Å². The van der Waals surface area contributed by atoms with Crippen molar-refractivity contribution in [3.8, 4) is 0 Å². The molecule has 2 aromatic rings. The highest BCUT2D eigenvalue weighted by atomic mass is 35.5. The summed E-state index contributed by atoms with van der Waals surface area (Å²) >= 11 is 5.74. The number of fused-ring (bicyclic) bond motifs is 1. The van der Waals surface area contributed by atoms with Gasteiger partial charge in [-0.25, -0.2) is 9.78 Å². The van der Waals surface area contributed by atoms with Crippen LogP contribution in [0.4, 0.5) is 5.69 Å². The summed E-state index contributed by atoms with van der Waals surface area (Å²) in [6, 6.07) is 8.45. The third-order valence-electron chi connectivity index (χ3n) is 3.62. The lowest BCUT2D eigenvalue weighted by molar-refractivity contribution is 0.0600. The van der Waals surface area contributed by atoms with Gasteiger partial charge in [0.25, 0.3) is 5.91 Å². The van der Waals surface area contributed by atoms with E-state index in [0.29, 0.717) is 29.2 Å². The minimum Gasteiger partial charge on any atom is -0.465 e. The molecule has 2 heterocycles. The Morgan fingerprint density at radius 1 is 1.23 bits per heavy atom. The summed E-state index contributed by atoms with van der Waals surface area (Å²) in [7, 11) is 1.35. The lowest BCUT2D eigenvalue weighted by atomic mass is 10.1. The van der Waals surface area contributed by atoms with Crippen LogP contribution < -0.4 is 4.90 Å². The molecule has 3 rings (SSSR count). The van der Waals surface area contributed by atoms with E-state index in [0.717, 1.165) is 11.3 Å². The molecule has 0 aliphatic carbocycles. The first kappa shape index (κ1) is 14.5. The first-order valence-electron chi connectivity index (χ1n) is 6.75. The van der Waals surface area contributed by atoms with Crippen molar-refractivity contribution in [3.05, 3.63) is 58.4 Å². The molecule has 0 unspecified atom stereocenters. The van der Waals surface area contributed by atoms with Gasteiger partial charge in [-0.2, -0.15) is 0 Å². The molecular formula is C16H13ClN2O3. The number of amides is 1. The number of aromatic nitrogens is 1. The second kappa shape index (κ2) is 5.77. The third kappa shape index (κ3) is 2.55. The third-order valence-corrected chi connectivity index (χ3v) is 3.84. The molecule has 0 saturated carbocycles. The fourth-order valence-electron chi connectivity index (χ4n) is 2.52. The van der Waals surface area contributed by atoms with Crippen molar-refractivity contribution < 1.29 is 14.3 Å². The predicted octanol–water partition coefficient (Wildman–Crippen LogP) is 2.72. The van der Waals surface area contributed by atoms with E-state index in [4.69, 9.17) is 16.3 Å². The molecule has 0 N–H and O–H groups in total. The molecule has 1 aliphatic heterocycles. The second-order valence-corrected chi connectivity index (χ2v) is 5.30. The average Bonchev–Trinajstić information content (AvgIpc) is 2.97. The van der Waals surface area contributed by atoms with Gasteiger partial charge in [-0.15, -0.1) is 0 Å². The Kier molecular flexibility index (Phi) is 3.81. The highest BCUT2D eigenvalue weighted by Gasteiger charge is 2.26. The Morgan fingerprint density at radius 3 is 2.68 bits per heavy atom. The summed E-state index contributed by atoms with van der Waals surface area (Å²) in [6.45, 7) is 0.571. The lowest BCUT2D eigenvalue weighted by Crippen LogP contribution is -2.28. The van der Waals surface area contributed by atoms with Crippen molar-refractivity contribution in [2.75, 3.05) is 18.6 Å². The quantitative estimate of drug-likeness (QED) is 0.631. The molecule has 0 saturated heterocycles. The maximum absolute atomic E-state index is 12.5. The second-order valence-electron chi connectivity index (χ2n) is 4.91. The van der Waals surface area contributed by atoms with E-state index >= 15 is 0 Å². The number of esters is 1. The summed E-state index contributed by atoms with van der Waals surface area (Å²) in [5, 5.41) is 0.348. The Labute approximate surface area is 132 Å². The number of hydrogen-bond acceptors (Lipinski definition) is 4. The molecular weight excluding hydrogens is 304 g/mol. The van der Waals surface area contributed by atoms with Crippen LogP contribution in [0.15, 0.2) is 36.5 Å². The zero-order valence-corrected chi connectivity index (χ0v) is 12.6. The fourth-order valence-corrected chi connectivity index (χ4v) is 2.63. The minimum atomic E-state index is -0.380. The summed E-state index contributed by atoms with van der Waals surface area (Å²) in [5.74, 6) is -0.511. The minimum absolute atomic E-state index is 0.131. The van der Waals surface area contributed by atoms with Gasteiger partial charge in [-0.3, -0.25) is 4.79 Å². The maximum atomic E-state index is 12.5. The van der Waals surface area contributed by atoms with Gasteiger partial charge in [0.05, 0.1) is 18.2 Å². The number of halogens is 1. The van der Waals surface area contributed by atoms with Crippen molar-refractivity contribution in [1.82, 2.24) is 4.98 Å². The molecule has 0 radical (unpaired) electrons. The van der Waals surface area contributed by atoms with E-state index in [1.54, 1.807) is 35.2 Å². The van der Waals surface area contributed by atoms with Crippen LogP contribution in [0.1, 0.15) is 26.3 Å². The monoisotopic (exact) mass is 316 g/mol. The van der Waals surface area contributed by atoms with Gasteiger partial charge in [0.15, 0.2) is 0 Å². The van der Waals surface area contributed by atoms with Gasteiger partial charge >= 0.3 is 5.97 Å². The Morgan fingerprint density at radius 2 is 2.00 bits per heavy atom. The Hall–Kier alpha value is -2.40. The molecule has 0 spiro atoms. The normalized spacial score (nSPS) is 12.9. The Balaban J connectivity index is 1.89. The van der Waals surface area contributed by atoms with E-state index in [1.807, 2.05) is 0 Å². The van der Waals surface area contributed by atoms with Crippen LogP contribution >= 0.6 is 11.6 Å². The number of benzene rings is 1. The van der Waals surface area contributed by atoms with Crippen LogP contribution in [-0.2, 0) is 11.2 Å². The molecule has 0 bridgehead atoms. The van der Waals surface area contributed by atoms with Gasteiger partial charge in [0.1, 0.15) is 5.15 Å². The number of carbonyl (C=O) groups is 2. The van der Waals surface area contributed by atoms with Crippen molar-refractivity contribution in [2.24, 2.45) is 0 Å². The van der Waals surface area contributed by atoms with E-state index in [-0.39, 0.29) is 11.9 Å².